The summed E-state index contributed by atoms with van der Waals surface area (Å²) in [6, 6.07) is 5.84. The highest BCUT2D eigenvalue weighted by Gasteiger charge is 2.26. The maximum Gasteiger partial charge on any atom is 0.317 e. The lowest BCUT2D eigenvalue weighted by atomic mass is 10.1. The van der Waals surface area contributed by atoms with Crippen LogP contribution in [0.1, 0.15) is 36.0 Å². The fourth-order valence-electron chi connectivity index (χ4n) is 3.70. The number of rotatable bonds is 2. The van der Waals surface area contributed by atoms with E-state index in [1.54, 1.807) is 6.33 Å². The van der Waals surface area contributed by atoms with Crippen molar-refractivity contribution in [1.29, 1.82) is 0 Å². The molecule has 2 fully saturated rings. The van der Waals surface area contributed by atoms with Gasteiger partial charge in [-0.05, 0) is 31.0 Å². The van der Waals surface area contributed by atoms with Crippen molar-refractivity contribution < 1.29 is 9.59 Å². The van der Waals surface area contributed by atoms with Gasteiger partial charge in [0.1, 0.15) is 0 Å². The molecule has 1 aliphatic heterocycles. The number of amides is 3. The molecular formula is C18H23N5O2. The molecule has 0 unspecified atom stereocenters. The Morgan fingerprint density at radius 2 is 1.80 bits per heavy atom. The van der Waals surface area contributed by atoms with E-state index < -0.39 is 0 Å². The van der Waals surface area contributed by atoms with Gasteiger partial charge in [0, 0.05) is 37.8 Å². The van der Waals surface area contributed by atoms with Crippen molar-refractivity contribution in [1.82, 2.24) is 25.1 Å². The summed E-state index contributed by atoms with van der Waals surface area (Å²) in [6.07, 6.45) is 6.20. The van der Waals surface area contributed by atoms with Gasteiger partial charge in [-0.15, -0.1) is 0 Å². The lowest BCUT2D eigenvalue weighted by Gasteiger charge is -2.35. The zero-order valence-electron chi connectivity index (χ0n) is 14.2. The van der Waals surface area contributed by atoms with Crippen LogP contribution in [0.2, 0.25) is 0 Å². The second kappa shape index (κ2) is 6.74. The number of benzene rings is 1. The van der Waals surface area contributed by atoms with Crippen LogP contribution in [0.5, 0.6) is 0 Å². The topological polar surface area (TPSA) is 81.3 Å². The smallest absolute Gasteiger partial charge is 0.317 e. The predicted molar refractivity (Wildman–Crippen MR) is 94.4 cm³/mol. The average molecular weight is 341 g/mol. The van der Waals surface area contributed by atoms with Crippen LogP contribution in [0.4, 0.5) is 4.79 Å². The van der Waals surface area contributed by atoms with Gasteiger partial charge in [0.25, 0.3) is 5.91 Å². The Bertz CT molecular complexity index is 773. The Labute approximate surface area is 146 Å². The molecule has 0 radical (unpaired) electrons. The lowest BCUT2D eigenvalue weighted by Crippen LogP contribution is -2.54. The number of urea groups is 1. The summed E-state index contributed by atoms with van der Waals surface area (Å²) in [7, 11) is 0. The summed E-state index contributed by atoms with van der Waals surface area (Å²) in [6.45, 7) is 2.29. The third-order valence-corrected chi connectivity index (χ3v) is 5.20. The maximum atomic E-state index is 12.7. The van der Waals surface area contributed by atoms with Crippen molar-refractivity contribution in [3.8, 4) is 0 Å². The summed E-state index contributed by atoms with van der Waals surface area (Å²) >= 11 is 0. The van der Waals surface area contributed by atoms with Crippen LogP contribution in [0.25, 0.3) is 11.0 Å². The fraction of sp³-hybridized carbons (Fsp3) is 0.500. The van der Waals surface area contributed by atoms with Crippen LogP contribution in [0, 0.1) is 0 Å². The molecule has 7 heteroatoms. The SMILES string of the molecule is O=C(NC1CCCC1)N1CCN(C(=O)c2ccc3nc[nH]c3c2)CC1. The molecule has 2 heterocycles. The molecule has 1 saturated carbocycles. The zero-order chi connectivity index (χ0) is 17.2. The maximum absolute atomic E-state index is 12.7. The Morgan fingerprint density at radius 3 is 2.56 bits per heavy atom. The van der Waals surface area contributed by atoms with Gasteiger partial charge in [-0.2, -0.15) is 0 Å². The summed E-state index contributed by atoms with van der Waals surface area (Å²) in [5, 5.41) is 3.11. The van der Waals surface area contributed by atoms with Gasteiger partial charge in [-0.25, -0.2) is 9.78 Å². The molecule has 1 aromatic carbocycles. The zero-order valence-corrected chi connectivity index (χ0v) is 14.2. The molecule has 0 spiro atoms. The molecule has 25 heavy (non-hydrogen) atoms. The number of piperazine rings is 1. The first kappa shape index (κ1) is 15.9. The highest BCUT2D eigenvalue weighted by Crippen LogP contribution is 2.18. The number of hydrogen-bond donors (Lipinski definition) is 2. The molecule has 0 bridgehead atoms. The molecule has 132 valence electrons. The van der Waals surface area contributed by atoms with Crippen molar-refractivity contribution >= 4 is 23.0 Å². The van der Waals surface area contributed by atoms with Gasteiger partial charge in [0.2, 0.25) is 0 Å². The van der Waals surface area contributed by atoms with E-state index in [0.717, 1.165) is 23.9 Å². The van der Waals surface area contributed by atoms with Gasteiger partial charge in [0.05, 0.1) is 17.4 Å². The number of nitrogens with one attached hydrogen (secondary N) is 2. The van der Waals surface area contributed by atoms with Crippen molar-refractivity contribution in [3.63, 3.8) is 0 Å². The van der Waals surface area contributed by atoms with Crippen LogP contribution in [-0.4, -0.2) is 63.9 Å². The van der Waals surface area contributed by atoms with Gasteiger partial charge in [-0.1, -0.05) is 12.8 Å². The highest BCUT2D eigenvalue weighted by atomic mass is 16.2. The Hall–Kier alpha value is -2.57. The molecule has 7 nitrogen and oxygen atoms in total. The molecule has 0 atom stereocenters. The molecule has 4 rings (SSSR count). The number of nitrogens with zero attached hydrogens (tertiary/aromatic N) is 3. The van der Waals surface area contributed by atoms with Crippen LogP contribution in [0.15, 0.2) is 24.5 Å². The van der Waals surface area contributed by atoms with Crippen LogP contribution in [0.3, 0.4) is 0 Å². The Balaban J connectivity index is 1.34. The van der Waals surface area contributed by atoms with Gasteiger partial charge in [-0.3, -0.25) is 4.79 Å². The summed E-state index contributed by atoms with van der Waals surface area (Å²) in [5.74, 6) is 0.00681. The first-order valence-corrected chi connectivity index (χ1v) is 8.98. The van der Waals surface area contributed by atoms with Crippen molar-refractivity contribution in [2.75, 3.05) is 26.2 Å². The van der Waals surface area contributed by atoms with Gasteiger partial charge >= 0.3 is 6.03 Å². The molecule has 1 aromatic heterocycles. The molecule has 1 aliphatic carbocycles. The van der Waals surface area contributed by atoms with Gasteiger partial charge in [0.15, 0.2) is 0 Å². The first-order valence-electron chi connectivity index (χ1n) is 8.98. The molecular weight excluding hydrogens is 318 g/mol. The minimum absolute atomic E-state index is 0.00681. The lowest BCUT2D eigenvalue weighted by molar-refractivity contribution is 0.0663. The summed E-state index contributed by atoms with van der Waals surface area (Å²) in [4.78, 5) is 35.8. The summed E-state index contributed by atoms with van der Waals surface area (Å²) < 4.78 is 0. The first-order chi connectivity index (χ1) is 12.2. The second-order valence-corrected chi connectivity index (χ2v) is 6.84. The van der Waals surface area contributed by atoms with E-state index in [2.05, 4.69) is 15.3 Å². The van der Waals surface area contributed by atoms with Crippen LogP contribution < -0.4 is 5.32 Å². The number of carbonyl (C=O) groups is 2. The van der Waals surface area contributed by atoms with E-state index in [4.69, 9.17) is 0 Å². The third kappa shape index (κ3) is 3.31. The largest absolute Gasteiger partial charge is 0.345 e. The Morgan fingerprint density at radius 1 is 1.08 bits per heavy atom. The number of aromatic amines is 1. The van der Waals surface area contributed by atoms with Crippen molar-refractivity contribution in [2.24, 2.45) is 0 Å². The van der Waals surface area contributed by atoms with Gasteiger partial charge < -0.3 is 20.1 Å². The second-order valence-electron chi connectivity index (χ2n) is 6.84. The van der Waals surface area contributed by atoms with Crippen LogP contribution >= 0.6 is 0 Å². The molecule has 3 amide bonds. The minimum Gasteiger partial charge on any atom is -0.345 e. The van der Waals surface area contributed by atoms with E-state index in [1.807, 2.05) is 28.0 Å². The fourth-order valence-corrected chi connectivity index (χ4v) is 3.70. The number of fused-ring (bicyclic) bond motifs is 1. The monoisotopic (exact) mass is 341 g/mol. The third-order valence-electron chi connectivity index (χ3n) is 5.20. The average Bonchev–Trinajstić information content (AvgIpc) is 3.32. The molecule has 2 N–H and O–H groups in total. The minimum atomic E-state index is 0.00681. The highest BCUT2D eigenvalue weighted by molar-refractivity contribution is 5.97. The number of carbonyl (C=O) groups excluding carboxylic acids is 2. The molecule has 1 saturated heterocycles. The van der Waals surface area contributed by atoms with E-state index in [9.17, 15) is 9.59 Å². The quantitative estimate of drug-likeness (QED) is 0.876. The number of imidazole rings is 1. The number of aromatic nitrogens is 2. The number of hydrogen-bond acceptors (Lipinski definition) is 3. The normalized spacial score (nSPS) is 18.7. The molecule has 2 aromatic rings. The van der Waals surface area contributed by atoms with Crippen molar-refractivity contribution in [3.05, 3.63) is 30.1 Å². The predicted octanol–water partition coefficient (Wildman–Crippen LogP) is 1.97. The van der Waals surface area contributed by atoms with Crippen molar-refractivity contribution in [2.45, 2.75) is 31.7 Å². The van der Waals surface area contributed by atoms with E-state index in [0.29, 0.717) is 37.8 Å². The van der Waals surface area contributed by atoms with Crippen LogP contribution in [-0.2, 0) is 0 Å². The van der Waals surface area contributed by atoms with E-state index in [-0.39, 0.29) is 11.9 Å². The standard InChI is InChI=1S/C18H23N5O2/c24-17(13-5-6-15-16(11-13)20-12-19-15)22-7-9-23(10-8-22)18(25)21-14-3-1-2-4-14/h5-6,11-12,14H,1-4,7-10H2,(H,19,20)(H,21,25). The summed E-state index contributed by atoms with van der Waals surface area (Å²) in [5.41, 5.74) is 2.37. The van der Waals surface area contributed by atoms with E-state index >= 15 is 0 Å². The molecule has 2 aliphatic rings. The number of H-pyrrole nitrogens is 1. The van der Waals surface area contributed by atoms with E-state index in [1.165, 1.54) is 12.8 Å². The Kier molecular flexibility index (Phi) is 4.29.